The zero-order valence-electron chi connectivity index (χ0n) is 11.1. The highest BCUT2D eigenvalue weighted by molar-refractivity contribution is 7.94. The topological polar surface area (TPSA) is 147 Å². The van der Waals surface area contributed by atoms with Crippen LogP contribution in [0.5, 0.6) is 0 Å². The van der Waals surface area contributed by atoms with Crippen molar-refractivity contribution in [1.29, 1.82) is 0 Å². The fourth-order valence-corrected chi connectivity index (χ4v) is 3.52. The normalized spacial score (nSPS) is 21.7. The Bertz CT molecular complexity index is 651. The number of aliphatic carboxylic acids is 1. The van der Waals surface area contributed by atoms with Gasteiger partial charge in [0.05, 0.1) is 17.5 Å². The minimum atomic E-state index is -3.35. The van der Waals surface area contributed by atoms with Crippen LogP contribution in [0.15, 0.2) is 11.5 Å². The molecule has 21 heavy (non-hydrogen) atoms. The Balaban J connectivity index is 2.54. The van der Waals surface area contributed by atoms with Crippen LogP contribution in [0, 0.1) is 0 Å². The maximum absolute atomic E-state index is 11.6. The summed E-state index contributed by atoms with van der Waals surface area (Å²) in [7, 11) is -6.69. The molecule has 0 saturated heterocycles. The van der Waals surface area contributed by atoms with Gasteiger partial charge in [0.1, 0.15) is 15.9 Å². The van der Waals surface area contributed by atoms with Gasteiger partial charge in [0.15, 0.2) is 9.84 Å². The molecule has 2 amide bonds. The van der Waals surface area contributed by atoms with Crippen LogP contribution in [-0.2, 0) is 24.5 Å². The molecule has 11 heteroatoms. The van der Waals surface area contributed by atoms with E-state index in [1.807, 2.05) is 0 Å². The lowest BCUT2D eigenvalue weighted by Crippen LogP contribution is -2.49. The van der Waals surface area contributed by atoms with E-state index in [4.69, 9.17) is 5.11 Å². The molecule has 0 spiro atoms. The summed E-state index contributed by atoms with van der Waals surface area (Å²) in [5.74, 6) is -2.05. The number of carboxylic acids is 1. The number of hydrogen-bond donors (Lipinski definition) is 3. The molecule has 0 saturated carbocycles. The molecular formula is C10H16N2O7S2. The van der Waals surface area contributed by atoms with Crippen molar-refractivity contribution in [3.8, 4) is 0 Å². The van der Waals surface area contributed by atoms with E-state index in [1.165, 1.54) is 6.08 Å². The van der Waals surface area contributed by atoms with Gasteiger partial charge in [0, 0.05) is 11.7 Å². The van der Waals surface area contributed by atoms with Gasteiger partial charge < -0.3 is 15.7 Å². The van der Waals surface area contributed by atoms with Crippen molar-refractivity contribution in [2.24, 2.45) is 0 Å². The zero-order valence-corrected chi connectivity index (χ0v) is 12.8. The smallest absolute Gasteiger partial charge is 0.326 e. The molecular weight excluding hydrogens is 324 g/mol. The van der Waals surface area contributed by atoms with Crippen molar-refractivity contribution in [1.82, 2.24) is 10.6 Å². The number of rotatable bonds is 6. The minimum Gasteiger partial charge on any atom is -0.480 e. The van der Waals surface area contributed by atoms with Gasteiger partial charge >= 0.3 is 12.0 Å². The maximum Gasteiger partial charge on any atom is 0.326 e. The summed E-state index contributed by atoms with van der Waals surface area (Å²) in [6.45, 7) is 0. The van der Waals surface area contributed by atoms with Crippen molar-refractivity contribution in [3.63, 3.8) is 0 Å². The van der Waals surface area contributed by atoms with Crippen LogP contribution in [0.25, 0.3) is 0 Å². The summed E-state index contributed by atoms with van der Waals surface area (Å²) < 4.78 is 44.3. The highest BCUT2D eigenvalue weighted by Gasteiger charge is 2.26. The number of carbonyl (C=O) groups is 2. The number of amides is 2. The Hall–Kier alpha value is -1.62. The summed E-state index contributed by atoms with van der Waals surface area (Å²) in [6.07, 6.45) is 1.96. The van der Waals surface area contributed by atoms with Gasteiger partial charge in [0.25, 0.3) is 0 Å². The number of sulfone groups is 2. The minimum absolute atomic E-state index is 0.277. The second-order valence-electron chi connectivity index (χ2n) is 4.69. The first kappa shape index (κ1) is 17.4. The van der Waals surface area contributed by atoms with Crippen LogP contribution >= 0.6 is 0 Å². The number of hydrogen-bond acceptors (Lipinski definition) is 6. The molecule has 2 atom stereocenters. The van der Waals surface area contributed by atoms with E-state index in [9.17, 15) is 26.4 Å². The standard InChI is InChI=1S/C10H16N2O7S2/c1-20(16,17)4-3-8(9(13)14)12-10(15)11-7-2-5-21(18,19)6-7/h2,5,7-8H,3-4,6H2,1H3,(H,13,14)(H2,11,12,15). The molecule has 2 unspecified atom stereocenters. The molecule has 1 rings (SSSR count). The van der Waals surface area contributed by atoms with Gasteiger partial charge in [-0.3, -0.25) is 0 Å². The average Bonchev–Trinajstić information content (AvgIpc) is 2.62. The molecule has 0 aromatic heterocycles. The number of carboxylic acid groups (broad SMARTS) is 1. The van der Waals surface area contributed by atoms with Crippen LogP contribution in [-0.4, -0.2) is 63.8 Å². The molecule has 0 aliphatic carbocycles. The quantitative estimate of drug-likeness (QED) is 0.532. The molecule has 0 fully saturated rings. The first-order chi connectivity index (χ1) is 9.48. The predicted octanol–water partition coefficient (Wildman–Crippen LogP) is -1.52. The van der Waals surface area contributed by atoms with E-state index in [0.29, 0.717) is 0 Å². The van der Waals surface area contributed by atoms with E-state index in [-0.39, 0.29) is 17.9 Å². The third-order valence-electron chi connectivity index (χ3n) is 2.63. The number of carbonyl (C=O) groups excluding carboxylic acids is 1. The Kier molecular flexibility index (Phi) is 5.34. The SMILES string of the molecule is CS(=O)(=O)CCC(NC(=O)NC1C=CS(=O)(=O)C1)C(=O)O. The lowest BCUT2D eigenvalue weighted by atomic mass is 10.2. The number of urea groups is 1. The largest absolute Gasteiger partial charge is 0.480 e. The first-order valence-corrected chi connectivity index (χ1v) is 9.64. The van der Waals surface area contributed by atoms with Gasteiger partial charge in [-0.05, 0) is 12.5 Å². The molecule has 1 heterocycles. The Morgan fingerprint density at radius 3 is 2.48 bits per heavy atom. The first-order valence-electron chi connectivity index (χ1n) is 5.87. The second kappa shape index (κ2) is 6.43. The molecule has 1 aliphatic rings. The predicted molar refractivity (Wildman–Crippen MR) is 74.1 cm³/mol. The van der Waals surface area contributed by atoms with Gasteiger partial charge in [-0.15, -0.1) is 0 Å². The lowest BCUT2D eigenvalue weighted by Gasteiger charge is -2.16. The fraction of sp³-hybridized carbons (Fsp3) is 0.600. The maximum atomic E-state index is 11.6. The van der Waals surface area contributed by atoms with Gasteiger partial charge in [-0.1, -0.05) is 0 Å². The summed E-state index contributed by atoms with van der Waals surface area (Å²) in [5.41, 5.74) is 0. The molecule has 0 bridgehead atoms. The van der Waals surface area contributed by atoms with Crippen molar-refractivity contribution < 1.29 is 31.5 Å². The van der Waals surface area contributed by atoms with Gasteiger partial charge in [-0.25, -0.2) is 26.4 Å². The van der Waals surface area contributed by atoms with Crippen LogP contribution in [0.2, 0.25) is 0 Å². The summed E-state index contributed by atoms with van der Waals surface area (Å²) in [5, 5.41) is 14.3. The van der Waals surface area contributed by atoms with E-state index >= 15 is 0 Å². The van der Waals surface area contributed by atoms with Crippen molar-refractivity contribution in [2.45, 2.75) is 18.5 Å². The van der Waals surface area contributed by atoms with Crippen molar-refractivity contribution in [3.05, 3.63) is 11.5 Å². The van der Waals surface area contributed by atoms with Gasteiger partial charge in [-0.2, -0.15) is 0 Å². The highest BCUT2D eigenvalue weighted by Crippen LogP contribution is 2.07. The Morgan fingerprint density at radius 1 is 1.43 bits per heavy atom. The van der Waals surface area contributed by atoms with E-state index in [0.717, 1.165) is 11.7 Å². The number of nitrogens with one attached hydrogen (secondary N) is 2. The highest BCUT2D eigenvalue weighted by atomic mass is 32.2. The summed E-state index contributed by atoms with van der Waals surface area (Å²) in [4.78, 5) is 22.5. The molecule has 1 aliphatic heterocycles. The third kappa shape index (κ3) is 6.58. The summed E-state index contributed by atoms with van der Waals surface area (Å²) >= 11 is 0. The average molecular weight is 340 g/mol. The van der Waals surface area contributed by atoms with Crippen LogP contribution < -0.4 is 10.6 Å². The molecule has 0 radical (unpaired) electrons. The molecule has 0 aromatic carbocycles. The molecule has 0 aromatic rings. The van der Waals surface area contributed by atoms with Crippen LogP contribution in [0.3, 0.4) is 0 Å². The van der Waals surface area contributed by atoms with E-state index in [1.54, 1.807) is 0 Å². The fourth-order valence-electron chi connectivity index (χ4n) is 1.62. The third-order valence-corrected chi connectivity index (χ3v) is 5.00. The van der Waals surface area contributed by atoms with Crippen molar-refractivity contribution in [2.75, 3.05) is 17.8 Å². The van der Waals surface area contributed by atoms with E-state index < -0.39 is 43.8 Å². The van der Waals surface area contributed by atoms with Crippen LogP contribution in [0.1, 0.15) is 6.42 Å². The van der Waals surface area contributed by atoms with Crippen LogP contribution in [0.4, 0.5) is 4.79 Å². The molecule has 9 nitrogen and oxygen atoms in total. The second-order valence-corrected chi connectivity index (χ2v) is 8.88. The van der Waals surface area contributed by atoms with Gasteiger partial charge in [0.2, 0.25) is 0 Å². The Labute approximate surface area is 122 Å². The summed E-state index contributed by atoms with van der Waals surface area (Å²) in [6, 6.07) is -2.98. The Morgan fingerprint density at radius 2 is 2.05 bits per heavy atom. The molecule has 120 valence electrons. The molecule has 3 N–H and O–H groups in total. The monoisotopic (exact) mass is 340 g/mol. The van der Waals surface area contributed by atoms with Crippen molar-refractivity contribution >= 4 is 31.7 Å². The zero-order chi connectivity index (χ0) is 16.3. The lowest BCUT2D eigenvalue weighted by molar-refractivity contribution is -0.139. The van der Waals surface area contributed by atoms with E-state index in [2.05, 4.69) is 10.6 Å².